The van der Waals surface area contributed by atoms with Gasteiger partial charge in [0.25, 0.3) is 0 Å². The number of ether oxygens (including phenoxy) is 1. The van der Waals surface area contributed by atoms with Crippen LogP contribution in [-0.4, -0.2) is 28.5 Å². The van der Waals surface area contributed by atoms with Crippen LogP contribution in [0.4, 0.5) is 0 Å². The zero-order chi connectivity index (χ0) is 15.9. The van der Waals surface area contributed by atoms with Gasteiger partial charge in [0.1, 0.15) is 0 Å². The highest BCUT2D eigenvalue weighted by atomic mass is 35.5. The fourth-order valence-electron chi connectivity index (χ4n) is 3.35. The Hall–Kier alpha value is -0.810. The third-order valence-electron chi connectivity index (χ3n) is 4.92. The molecule has 0 saturated carbocycles. The SMILES string of the molecule is CC(C)(C1CCOCC1)C(O)c1c(Cl)c(Cl)cc2cn[nH]c12. The molecule has 1 aromatic heterocycles. The standard InChI is InChI=1S/C16H20Cl2N2O2/c1-16(2,10-3-5-22-6-4-10)15(21)12-13(18)11(17)7-9-8-19-20-14(9)12/h7-8,10,15,21H,3-6H2,1-2H3,(H,19,20). The lowest BCUT2D eigenvalue weighted by atomic mass is 9.69. The predicted molar refractivity (Wildman–Crippen MR) is 88.4 cm³/mol. The number of rotatable bonds is 3. The summed E-state index contributed by atoms with van der Waals surface area (Å²) >= 11 is 12.6. The monoisotopic (exact) mass is 342 g/mol. The highest BCUT2D eigenvalue weighted by Gasteiger charge is 2.40. The Morgan fingerprint density at radius 2 is 2.05 bits per heavy atom. The summed E-state index contributed by atoms with van der Waals surface area (Å²) in [5.74, 6) is 0.365. The normalized spacial score (nSPS) is 18.8. The van der Waals surface area contributed by atoms with E-state index in [1.165, 1.54) is 0 Å². The van der Waals surface area contributed by atoms with Gasteiger partial charge in [0, 0.05) is 24.2 Å². The van der Waals surface area contributed by atoms with Crippen molar-refractivity contribution in [2.24, 2.45) is 11.3 Å². The summed E-state index contributed by atoms with van der Waals surface area (Å²) < 4.78 is 5.44. The van der Waals surface area contributed by atoms with Crippen molar-refractivity contribution in [3.05, 3.63) is 27.9 Å². The zero-order valence-corrected chi connectivity index (χ0v) is 14.2. The third kappa shape index (κ3) is 2.62. The molecule has 120 valence electrons. The molecule has 2 aromatic rings. The molecular weight excluding hydrogens is 323 g/mol. The maximum atomic E-state index is 11.1. The second-order valence-electron chi connectivity index (χ2n) is 6.53. The van der Waals surface area contributed by atoms with Crippen LogP contribution in [0.3, 0.4) is 0 Å². The topological polar surface area (TPSA) is 58.1 Å². The first-order chi connectivity index (χ1) is 10.4. The molecule has 1 aliphatic rings. The first-order valence-corrected chi connectivity index (χ1v) is 8.25. The number of hydrogen-bond acceptors (Lipinski definition) is 3. The van der Waals surface area contributed by atoms with E-state index in [0.717, 1.165) is 37.0 Å². The van der Waals surface area contributed by atoms with Gasteiger partial charge in [0.2, 0.25) is 0 Å². The van der Waals surface area contributed by atoms with Crippen molar-refractivity contribution in [2.75, 3.05) is 13.2 Å². The zero-order valence-electron chi connectivity index (χ0n) is 12.7. The van der Waals surface area contributed by atoms with E-state index in [0.29, 0.717) is 21.5 Å². The molecule has 0 spiro atoms. The van der Waals surface area contributed by atoms with E-state index in [9.17, 15) is 5.11 Å². The van der Waals surface area contributed by atoms with Crippen LogP contribution in [0.1, 0.15) is 38.4 Å². The Bertz CT molecular complexity index is 678. The van der Waals surface area contributed by atoms with Crippen molar-refractivity contribution >= 4 is 34.1 Å². The van der Waals surface area contributed by atoms with Crippen molar-refractivity contribution in [2.45, 2.75) is 32.8 Å². The highest BCUT2D eigenvalue weighted by Crippen LogP contribution is 2.48. The Kier molecular flexibility index (Phi) is 4.38. The summed E-state index contributed by atoms with van der Waals surface area (Å²) in [7, 11) is 0. The molecule has 22 heavy (non-hydrogen) atoms. The number of hydrogen-bond donors (Lipinski definition) is 2. The summed E-state index contributed by atoms with van der Waals surface area (Å²) in [6, 6.07) is 1.76. The van der Waals surface area contributed by atoms with Gasteiger partial charge < -0.3 is 9.84 Å². The van der Waals surface area contributed by atoms with E-state index >= 15 is 0 Å². The van der Waals surface area contributed by atoms with Crippen LogP contribution in [-0.2, 0) is 4.74 Å². The van der Waals surface area contributed by atoms with Gasteiger partial charge in [-0.1, -0.05) is 37.0 Å². The molecule has 1 atom stereocenters. The number of aromatic nitrogens is 2. The van der Waals surface area contributed by atoms with Gasteiger partial charge >= 0.3 is 0 Å². The Morgan fingerprint density at radius 3 is 2.73 bits per heavy atom. The molecule has 1 fully saturated rings. The van der Waals surface area contributed by atoms with Crippen LogP contribution in [0.2, 0.25) is 10.0 Å². The molecule has 0 amide bonds. The fraction of sp³-hybridized carbons (Fsp3) is 0.562. The lowest BCUT2D eigenvalue weighted by Crippen LogP contribution is -2.35. The molecule has 0 radical (unpaired) electrons. The molecule has 2 heterocycles. The molecule has 1 aliphatic heterocycles. The summed E-state index contributed by atoms with van der Waals surface area (Å²) in [6.45, 7) is 5.63. The number of aliphatic hydroxyl groups is 1. The van der Waals surface area contributed by atoms with Crippen LogP contribution in [0.5, 0.6) is 0 Å². The average Bonchev–Trinajstić information content (AvgIpc) is 2.96. The van der Waals surface area contributed by atoms with E-state index < -0.39 is 6.10 Å². The van der Waals surface area contributed by atoms with E-state index in [4.69, 9.17) is 27.9 Å². The largest absolute Gasteiger partial charge is 0.388 e. The average molecular weight is 343 g/mol. The maximum Gasteiger partial charge on any atom is 0.0879 e. The smallest absolute Gasteiger partial charge is 0.0879 e. The minimum atomic E-state index is -0.732. The molecule has 6 heteroatoms. The van der Waals surface area contributed by atoms with Crippen molar-refractivity contribution in [3.63, 3.8) is 0 Å². The van der Waals surface area contributed by atoms with Crippen LogP contribution >= 0.6 is 23.2 Å². The number of aromatic amines is 1. The first kappa shape index (κ1) is 16.1. The number of aliphatic hydroxyl groups excluding tert-OH is 1. The van der Waals surface area contributed by atoms with Crippen LogP contribution in [0.25, 0.3) is 10.9 Å². The van der Waals surface area contributed by atoms with Crippen molar-refractivity contribution in [1.29, 1.82) is 0 Å². The number of nitrogens with zero attached hydrogens (tertiary/aromatic N) is 1. The van der Waals surface area contributed by atoms with Crippen LogP contribution in [0.15, 0.2) is 12.3 Å². The highest BCUT2D eigenvalue weighted by molar-refractivity contribution is 6.43. The Labute approximate surface area is 139 Å². The molecular formula is C16H20Cl2N2O2. The van der Waals surface area contributed by atoms with Crippen LogP contribution < -0.4 is 0 Å². The fourth-order valence-corrected chi connectivity index (χ4v) is 3.82. The quantitative estimate of drug-likeness (QED) is 0.871. The van der Waals surface area contributed by atoms with Gasteiger partial charge in [0.15, 0.2) is 0 Å². The molecule has 1 saturated heterocycles. The van der Waals surface area contributed by atoms with E-state index in [-0.39, 0.29) is 5.41 Å². The maximum absolute atomic E-state index is 11.1. The van der Waals surface area contributed by atoms with Gasteiger partial charge in [-0.05, 0) is 30.2 Å². The summed E-state index contributed by atoms with van der Waals surface area (Å²) in [5, 5.41) is 19.8. The minimum Gasteiger partial charge on any atom is -0.388 e. The van der Waals surface area contributed by atoms with Gasteiger partial charge in [-0.3, -0.25) is 5.10 Å². The summed E-state index contributed by atoms with van der Waals surface area (Å²) in [4.78, 5) is 0. The molecule has 0 bridgehead atoms. The van der Waals surface area contributed by atoms with Gasteiger partial charge in [0.05, 0.1) is 27.9 Å². The van der Waals surface area contributed by atoms with Gasteiger partial charge in [-0.25, -0.2) is 0 Å². The first-order valence-electron chi connectivity index (χ1n) is 7.49. The second kappa shape index (κ2) is 6.00. The predicted octanol–water partition coefficient (Wildman–Crippen LogP) is 4.36. The molecule has 3 rings (SSSR count). The molecule has 0 aliphatic carbocycles. The molecule has 2 N–H and O–H groups in total. The molecule has 1 aromatic carbocycles. The van der Waals surface area contributed by atoms with Crippen molar-refractivity contribution in [1.82, 2.24) is 10.2 Å². The number of halogens is 2. The van der Waals surface area contributed by atoms with E-state index in [1.807, 2.05) is 0 Å². The van der Waals surface area contributed by atoms with E-state index in [2.05, 4.69) is 24.0 Å². The third-order valence-corrected chi connectivity index (χ3v) is 5.72. The Morgan fingerprint density at radius 1 is 1.36 bits per heavy atom. The second-order valence-corrected chi connectivity index (χ2v) is 7.32. The lowest BCUT2D eigenvalue weighted by Gasteiger charge is -2.41. The number of benzene rings is 1. The number of H-pyrrole nitrogens is 1. The van der Waals surface area contributed by atoms with Crippen LogP contribution in [0, 0.1) is 11.3 Å². The van der Waals surface area contributed by atoms with Gasteiger partial charge in [-0.15, -0.1) is 0 Å². The minimum absolute atomic E-state index is 0.337. The van der Waals surface area contributed by atoms with Crippen molar-refractivity contribution < 1.29 is 9.84 Å². The summed E-state index contributed by atoms with van der Waals surface area (Å²) in [5.41, 5.74) is 1.05. The molecule has 1 unspecified atom stereocenters. The number of nitrogens with one attached hydrogen (secondary N) is 1. The van der Waals surface area contributed by atoms with Gasteiger partial charge in [-0.2, -0.15) is 5.10 Å². The molecule has 4 nitrogen and oxygen atoms in total. The summed E-state index contributed by atoms with van der Waals surface area (Å²) in [6.07, 6.45) is 2.84. The number of fused-ring (bicyclic) bond motifs is 1. The van der Waals surface area contributed by atoms with E-state index in [1.54, 1.807) is 12.3 Å². The lowest BCUT2D eigenvalue weighted by molar-refractivity contribution is -0.0431. The Balaban J connectivity index is 2.05. The van der Waals surface area contributed by atoms with Crippen molar-refractivity contribution in [3.8, 4) is 0 Å².